The number of thiazole rings is 1. The zero-order valence-corrected chi connectivity index (χ0v) is 11.6. The van der Waals surface area contributed by atoms with Crippen LogP contribution in [0.25, 0.3) is 11.3 Å². The van der Waals surface area contributed by atoms with Crippen LogP contribution in [0.5, 0.6) is 0 Å². The van der Waals surface area contributed by atoms with Crippen LogP contribution in [-0.2, 0) is 11.2 Å². The highest BCUT2D eigenvalue weighted by atomic mass is 79.9. The monoisotopic (exact) mass is 310 g/mol. The third kappa shape index (κ3) is 2.92. The van der Waals surface area contributed by atoms with E-state index < -0.39 is 0 Å². The molecule has 1 amide bonds. The first-order valence-corrected chi connectivity index (χ1v) is 6.73. The number of rotatable bonds is 3. The lowest BCUT2D eigenvalue weighted by Gasteiger charge is -2.02. The Hall–Kier alpha value is -1.20. The van der Waals surface area contributed by atoms with Gasteiger partial charge in [-0.25, -0.2) is 4.98 Å². The quantitative estimate of drug-likeness (QED) is 0.947. The summed E-state index contributed by atoms with van der Waals surface area (Å²) in [4.78, 5) is 15.2. The van der Waals surface area contributed by atoms with Crippen molar-refractivity contribution in [2.24, 2.45) is 5.73 Å². The third-order valence-electron chi connectivity index (χ3n) is 2.35. The lowest BCUT2D eigenvalue weighted by molar-refractivity contribution is -0.117. The van der Waals surface area contributed by atoms with E-state index in [4.69, 9.17) is 5.73 Å². The molecule has 0 atom stereocenters. The second kappa shape index (κ2) is 4.98. The standard InChI is InChI=1S/C12H11BrN2OS/c1-7-2-3-8(13)4-9(7)10-6-17-12(15-10)5-11(14)16/h2-4,6H,5H2,1H3,(H2,14,16). The average Bonchev–Trinajstić information content (AvgIpc) is 2.69. The Balaban J connectivity index is 2.36. The molecule has 0 aliphatic rings. The minimum atomic E-state index is -0.350. The van der Waals surface area contributed by atoms with Crippen LogP contribution in [0.3, 0.4) is 0 Å². The van der Waals surface area contributed by atoms with Gasteiger partial charge in [0.25, 0.3) is 0 Å². The normalized spacial score (nSPS) is 10.5. The molecule has 0 unspecified atom stereocenters. The van der Waals surface area contributed by atoms with Crippen LogP contribution in [0.4, 0.5) is 0 Å². The third-order valence-corrected chi connectivity index (χ3v) is 3.69. The predicted molar refractivity (Wildman–Crippen MR) is 72.9 cm³/mol. The summed E-state index contributed by atoms with van der Waals surface area (Å²) in [5.41, 5.74) is 8.27. The van der Waals surface area contributed by atoms with Crippen LogP contribution in [0.15, 0.2) is 28.1 Å². The van der Waals surface area contributed by atoms with Gasteiger partial charge in [0.15, 0.2) is 0 Å². The molecule has 1 aromatic carbocycles. The highest BCUT2D eigenvalue weighted by Crippen LogP contribution is 2.28. The van der Waals surface area contributed by atoms with Gasteiger partial charge in [-0.1, -0.05) is 22.0 Å². The van der Waals surface area contributed by atoms with Crippen molar-refractivity contribution in [2.45, 2.75) is 13.3 Å². The molecular weight excluding hydrogens is 300 g/mol. The van der Waals surface area contributed by atoms with E-state index in [2.05, 4.69) is 20.9 Å². The maximum atomic E-state index is 10.8. The molecule has 0 aliphatic heterocycles. The van der Waals surface area contributed by atoms with Gasteiger partial charge >= 0.3 is 0 Å². The van der Waals surface area contributed by atoms with E-state index in [9.17, 15) is 4.79 Å². The summed E-state index contributed by atoms with van der Waals surface area (Å²) < 4.78 is 1.02. The predicted octanol–water partition coefficient (Wildman–Crippen LogP) is 2.91. The van der Waals surface area contributed by atoms with Crippen LogP contribution >= 0.6 is 27.3 Å². The number of hydrogen-bond donors (Lipinski definition) is 1. The zero-order chi connectivity index (χ0) is 12.4. The summed E-state index contributed by atoms with van der Waals surface area (Å²) in [5, 5.41) is 2.71. The fraction of sp³-hybridized carbons (Fsp3) is 0.167. The maximum Gasteiger partial charge on any atom is 0.224 e. The van der Waals surface area contributed by atoms with E-state index in [1.54, 1.807) is 0 Å². The number of carbonyl (C=O) groups excluding carboxylic acids is 1. The van der Waals surface area contributed by atoms with Crippen LogP contribution in [0.2, 0.25) is 0 Å². The van der Waals surface area contributed by atoms with Crippen molar-refractivity contribution in [1.82, 2.24) is 4.98 Å². The van der Waals surface area contributed by atoms with E-state index in [1.165, 1.54) is 11.3 Å². The number of amides is 1. The average molecular weight is 311 g/mol. The SMILES string of the molecule is Cc1ccc(Br)cc1-c1csc(CC(N)=O)n1. The van der Waals surface area contributed by atoms with Gasteiger partial charge in [-0.05, 0) is 24.6 Å². The second-order valence-corrected chi connectivity index (χ2v) is 5.59. The Labute approximate surface area is 112 Å². The van der Waals surface area contributed by atoms with Crippen LogP contribution in [0.1, 0.15) is 10.6 Å². The molecule has 0 spiro atoms. The van der Waals surface area contributed by atoms with Crippen molar-refractivity contribution in [3.8, 4) is 11.3 Å². The van der Waals surface area contributed by atoms with Crippen molar-refractivity contribution in [1.29, 1.82) is 0 Å². The number of carbonyl (C=O) groups is 1. The molecule has 5 heteroatoms. The number of aromatic nitrogens is 1. The van der Waals surface area contributed by atoms with Crippen molar-refractivity contribution < 1.29 is 4.79 Å². The molecule has 0 aliphatic carbocycles. The molecule has 88 valence electrons. The van der Waals surface area contributed by atoms with Gasteiger partial charge < -0.3 is 5.73 Å². The van der Waals surface area contributed by atoms with Crippen LogP contribution < -0.4 is 5.73 Å². The van der Waals surface area contributed by atoms with Crippen molar-refractivity contribution in [2.75, 3.05) is 0 Å². The molecule has 17 heavy (non-hydrogen) atoms. The topological polar surface area (TPSA) is 56.0 Å². The minimum Gasteiger partial charge on any atom is -0.369 e. The van der Waals surface area contributed by atoms with Crippen molar-refractivity contribution in [3.63, 3.8) is 0 Å². The molecular formula is C12H11BrN2OS. The smallest absolute Gasteiger partial charge is 0.224 e. The van der Waals surface area contributed by atoms with Gasteiger partial charge in [-0.15, -0.1) is 11.3 Å². The lowest BCUT2D eigenvalue weighted by Crippen LogP contribution is -2.13. The number of nitrogens with two attached hydrogens (primary N) is 1. The molecule has 2 aromatic rings. The number of nitrogens with zero attached hydrogens (tertiary/aromatic N) is 1. The number of benzene rings is 1. The van der Waals surface area contributed by atoms with Crippen LogP contribution in [0, 0.1) is 6.92 Å². The Morgan fingerprint density at radius 3 is 3.00 bits per heavy atom. The van der Waals surface area contributed by atoms with Crippen molar-refractivity contribution in [3.05, 3.63) is 38.6 Å². The molecule has 2 N–H and O–H groups in total. The summed E-state index contributed by atoms with van der Waals surface area (Å²) in [6.07, 6.45) is 0.206. The van der Waals surface area contributed by atoms with Gasteiger partial charge in [0.2, 0.25) is 5.91 Å². The molecule has 1 heterocycles. The Morgan fingerprint density at radius 1 is 1.53 bits per heavy atom. The summed E-state index contributed by atoms with van der Waals surface area (Å²) in [6, 6.07) is 6.06. The first-order chi connectivity index (χ1) is 8.06. The number of aryl methyl sites for hydroxylation is 1. The molecule has 0 saturated carbocycles. The number of primary amides is 1. The first kappa shape index (κ1) is 12.3. The Morgan fingerprint density at radius 2 is 2.29 bits per heavy atom. The highest BCUT2D eigenvalue weighted by Gasteiger charge is 2.09. The van der Waals surface area contributed by atoms with Gasteiger partial charge in [-0.3, -0.25) is 4.79 Å². The van der Waals surface area contributed by atoms with Gasteiger partial charge in [-0.2, -0.15) is 0 Å². The fourth-order valence-corrected chi connectivity index (χ4v) is 2.70. The van der Waals surface area contributed by atoms with Gasteiger partial charge in [0.05, 0.1) is 12.1 Å². The lowest BCUT2D eigenvalue weighted by atomic mass is 10.1. The molecule has 3 nitrogen and oxygen atoms in total. The largest absolute Gasteiger partial charge is 0.369 e. The molecule has 0 fully saturated rings. The molecule has 1 aromatic heterocycles. The summed E-state index contributed by atoms with van der Waals surface area (Å²) in [6.45, 7) is 2.04. The van der Waals surface area contributed by atoms with Crippen LogP contribution in [-0.4, -0.2) is 10.9 Å². The van der Waals surface area contributed by atoms with Crippen molar-refractivity contribution >= 4 is 33.2 Å². The Bertz CT molecular complexity index is 565. The summed E-state index contributed by atoms with van der Waals surface area (Å²) in [7, 11) is 0. The number of halogens is 1. The van der Waals surface area contributed by atoms with E-state index in [1.807, 2.05) is 30.5 Å². The zero-order valence-electron chi connectivity index (χ0n) is 9.24. The Kier molecular flexibility index (Phi) is 3.59. The van der Waals surface area contributed by atoms with E-state index in [0.29, 0.717) is 0 Å². The molecule has 0 bridgehead atoms. The van der Waals surface area contributed by atoms with Gasteiger partial charge in [0.1, 0.15) is 5.01 Å². The molecule has 2 rings (SSSR count). The van der Waals surface area contributed by atoms with E-state index in [0.717, 1.165) is 26.3 Å². The minimum absolute atomic E-state index is 0.206. The van der Waals surface area contributed by atoms with E-state index >= 15 is 0 Å². The highest BCUT2D eigenvalue weighted by molar-refractivity contribution is 9.10. The summed E-state index contributed by atoms with van der Waals surface area (Å²) in [5.74, 6) is -0.350. The fourth-order valence-electron chi connectivity index (χ4n) is 1.54. The molecule has 0 saturated heterocycles. The van der Waals surface area contributed by atoms with E-state index in [-0.39, 0.29) is 12.3 Å². The van der Waals surface area contributed by atoms with Gasteiger partial charge in [0, 0.05) is 15.4 Å². The second-order valence-electron chi connectivity index (χ2n) is 3.73. The maximum absolute atomic E-state index is 10.8. The molecule has 0 radical (unpaired) electrons. The first-order valence-electron chi connectivity index (χ1n) is 5.05. The number of hydrogen-bond acceptors (Lipinski definition) is 3. The summed E-state index contributed by atoms with van der Waals surface area (Å²) >= 11 is 4.90.